The molecule has 0 fully saturated rings. The maximum Gasteiger partial charge on any atom is 0.341 e. The highest BCUT2D eigenvalue weighted by Gasteiger charge is 2.08. The first-order valence-electron chi connectivity index (χ1n) is 8.12. The molecule has 0 saturated carbocycles. The van der Waals surface area contributed by atoms with Crippen LogP contribution in [0.2, 0.25) is 0 Å². The Kier molecular flexibility index (Phi) is 6.94. The van der Waals surface area contributed by atoms with E-state index in [0.717, 1.165) is 12.8 Å². The maximum atomic E-state index is 11.9. The molecule has 1 aromatic carbocycles. The molecule has 8 nitrogen and oxygen atoms in total. The van der Waals surface area contributed by atoms with E-state index in [1.54, 1.807) is 24.3 Å². The third-order valence-electron chi connectivity index (χ3n) is 3.28. The smallest absolute Gasteiger partial charge is 0.341 e. The number of hydrogen-bond acceptors (Lipinski definition) is 6. The van der Waals surface area contributed by atoms with Crippen LogP contribution in [0.5, 0.6) is 5.75 Å². The van der Waals surface area contributed by atoms with E-state index in [1.165, 1.54) is 0 Å². The molecule has 134 valence electrons. The molecule has 2 aromatic rings. The third-order valence-corrected chi connectivity index (χ3v) is 3.28. The standard InChI is InChI=1S/C17H21N3O5/c1-2-4-14-19-16(25-20-14)6-3-5-15(21)18-12-7-9-13(10-8-12)24-11-17(22)23/h7-10H,2-6,11H2,1H3,(H,18,21)(H,22,23). The minimum absolute atomic E-state index is 0.118. The molecule has 1 heterocycles. The van der Waals surface area contributed by atoms with Crippen LogP contribution in [-0.2, 0) is 22.4 Å². The van der Waals surface area contributed by atoms with Crippen LogP contribution >= 0.6 is 0 Å². The fraction of sp³-hybridized carbons (Fsp3) is 0.412. The van der Waals surface area contributed by atoms with E-state index in [1.807, 2.05) is 6.92 Å². The molecule has 0 bridgehead atoms. The van der Waals surface area contributed by atoms with Crippen LogP contribution in [0.3, 0.4) is 0 Å². The molecule has 1 amide bonds. The molecule has 0 aliphatic heterocycles. The molecule has 0 spiro atoms. The van der Waals surface area contributed by atoms with E-state index >= 15 is 0 Å². The summed E-state index contributed by atoms with van der Waals surface area (Å²) in [6.45, 7) is 1.65. The monoisotopic (exact) mass is 347 g/mol. The van der Waals surface area contributed by atoms with Crippen molar-refractivity contribution in [2.24, 2.45) is 0 Å². The van der Waals surface area contributed by atoms with Crippen LogP contribution in [0, 0.1) is 0 Å². The number of aromatic nitrogens is 2. The van der Waals surface area contributed by atoms with Crippen LogP contribution < -0.4 is 10.1 Å². The number of hydrogen-bond donors (Lipinski definition) is 2. The van der Waals surface area contributed by atoms with Crippen molar-refractivity contribution >= 4 is 17.6 Å². The van der Waals surface area contributed by atoms with Gasteiger partial charge in [0.15, 0.2) is 12.4 Å². The lowest BCUT2D eigenvalue weighted by Crippen LogP contribution is -2.12. The van der Waals surface area contributed by atoms with Crippen molar-refractivity contribution < 1.29 is 24.0 Å². The minimum Gasteiger partial charge on any atom is -0.482 e. The summed E-state index contributed by atoms with van der Waals surface area (Å²) in [5.41, 5.74) is 0.621. The largest absolute Gasteiger partial charge is 0.482 e. The van der Waals surface area contributed by atoms with Gasteiger partial charge in [-0.05, 0) is 37.1 Å². The predicted molar refractivity (Wildman–Crippen MR) is 89.4 cm³/mol. The Hall–Kier alpha value is -2.90. The lowest BCUT2D eigenvalue weighted by Gasteiger charge is -2.06. The Morgan fingerprint density at radius 2 is 2.00 bits per heavy atom. The number of ether oxygens (including phenoxy) is 1. The Morgan fingerprint density at radius 1 is 1.24 bits per heavy atom. The molecule has 8 heteroatoms. The van der Waals surface area contributed by atoms with E-state index in [0.29, 0.717) is 42.4 Å². The van der Waals surface area contributed by atoms with Gasteiger partial charge >= 0.3 is 5.97 Å². The summed E-state index contributed by atoms with van der Waals surface area (Å²) in [7, 11) is 0. The van der Waals surface area contributed by atoms with E-state index in [-0.39, 0.29) is 5.91 Å². The quantitative estimate of drug-likeness (QED) is 0.678. The number of nitrogens with one attached hydrogen (secondary N) is 1. The maximum absolute atomic E-state index is 11.9. The SMILES string of the molecule is CCCc1noc(CCCC(=O)Nc2ccc(OCC(=O)O)cc2)n1. The Balaban J connectivity index is 1.71. The van der Waals surface area contributed by atoms with Gasteiger partial charge in [0.2, 0.25) is 11.8 Å². The molecule has 0 aliphatic carbocycles. The summed E-state index contributed by atoms with van der Waals surface area (Å²) in [5.74, 6) is 0.524. The van der Waals surface area contributed by atoms with Gasteiger partial charge in [-0.3, -0.25) is 4.79 Å². The van der Waals surface area contributed by atoms with Gasteiger partial charge in [0, 0.05) is 24.9 Å². The van der Waals surface area contributed by atoms with Crippen molar-refractivity contribution in [3.05, 3.63) is 36.0 Å². The van der Waals surface area contributed by atoms with E-state index in [4.69, 9.17) is 14.4 Å². The number of aliphatic carboxylic acids is 1. The zero-order valence-corrected chi connectivity index (χ0v) is 14.0. The van der Waals surface area contributed by atoms with Crippen LogP contribution in [0.1, 0.15) is 37.9 Å². The van der Waals surface area contributed by atoms with E-state index in [2.05, 4.69) is 15.5 Å². The number of anilines is 1. The fourth-order valence-electron chi connectivity index (χ4n) is 2.12. The average molecular weight is 347 g/mol. The van der Waals surface area contributed by atoms with Crippen molar-refractivity contribution in [1.29, 1.82) is 0 Å². The normalized spacial score (nSPS) is 10.4. The molecule has 0 aliphatic rings. The molecule has 1 aromatic heterocycles. The Bertz CT molecular complexity index is 697. The summed E-state index contributed by atoms with van der Waals surface area (Å²) in [6, 6.07) is 6.52. The predicted octanol–water partition coefficient (Wildman–Crippen LogP) is 2.45. The van der Waals surface area contributed by atoms with Gasteiger partial charge in [0.05, 0.1) is 0 Å². The molecule has 0 saturated heterocycles. The number of carboxylic acids is 1. The number of rotatable bonds is 10. The zero-order valence-electron chi connectivity index (χ0n) is 14.0. The number of amides is 1. The molecule has 2 rings (SSSR count). The molecule has 0 radical (unpaired) electrons. The summed E-state index contributed by atoms with van der Waals surface area (Å²) in [4.78, 5) is 26.6. The van der Waals surface area contributed by atoms with E-state index < -0.39 is 12.6 Å². The first-order valence-corrected chi connectivity index (χ1v) is 8.12. The summed E-state index contributed by atoms with van der Waals surface area (Å²) in [6.07, 6.45) is 3.26. The van der Waals surface area contributed by atoms with Gasteiger partial charge in [-0.1, -0.05) is 12.1 Å². The molecular formula is C17H21N3O5. The second kappa shape index (κ2) is 9.41. The second-order valence-electron chi connectivity index (χ2n) is 5.46. The highest BCUT2D eigenvalue weighted by Crippen LogP contribution is 2.16. The summed E-state index contributed by atoms with van der Waals surface area (Å²) < 4.78 is 10.1. The van der Waals surface area contributed by atoms with Gasteiger partial charge in [-0.15, -0.1) is 0 Å². The van der Waals surface area contributed by atoms with E-state index in [9.17, 15) is 9.59 Å². The number of aryl methyl sites for hydroxylation is 2. The van der Waals surface area contributed by atoms with Gasteiger partial charge in [-0.25, -0.2) is 4.79 Å². The summed E-state index contributed by atoms with van der Waals surface area (Å²) in [5, 5.41) is 15.2. The summed E-state index contributed by atoms with van der Waals surface area (Å²) >= 11 is 0. The fourth-order valence-corrected chi connectivity index (χ4v) is 2.12. The minimum atomic E-state index is -1.04. The van der Waals surface area contributed by atoms with Gasteiger partial charge in [-0.2, -0.15) is 4.98 Å². The number of carbonyl (C=O) groups excluding carboxylic acids is 1. The van der Waals surface area contributed by atoms with Crippen LogP contribution in [0.15, 0.2) is 28.8 Å². The lowest BCUT2D eigenvalue weighted by molar-refractivity contribution is -0.139. The molecule has 0 atom stereocenters. The molecular weight excluding hydrogens is 326 g/mol. The van der Waals surface area contributed by atoms with Crippen LogP contribution in [-0.4, -0.2) is 33.7 Å². The van der Waals surface area contributed by atoms with Crippen LogP contribution in [0.25, 0.3) is 0 Å². The number of benzene rings is 1. The molecule has 0 unspecified atom stereocenters. The first kappa shape index (κ1) is 18.4. The van der Waals surface area contributed by atoms with Crippen LogP contribution in [0.4, 0.5) is 5.69 Å². The van der Waals surface area contributed by atoms with Gasteiger partial charge < -0.3 is 19.7 Å². The van der Waals surface area contributed by atoms with Gasteiger partial charge in [0.25, 0.3) is 0 Å². The Morgan fingerprint density at radius 3 is 2.68 bits per heavy atom. The van der Waals surface area contributed by atoms with Crippen molar-refractivity contribution in [2.45, 2.75) is 39.0 Å². The Labute approximate surface area is 145 Å². The topological polar surface area (TPSA) is 115 Å². The number of carboxylic acid groups (broad SMARTS) is 1. The third kappa shape index (κ3) is 6.62. The average Bonchev–Trinajstić information content (AvgIpc) is 3.02. The number of nitrogens with zero attached hydrogens (tertiary/aromatic N) is 2. The van der Waals surface area contributed by atoms with Crippen molar-refractivity contribution in [2.75, 3.05) is 11.9 Å². The second-order valence-corrected chi connectivity index (χ2v) is 5.46. The molecule has 25 heavy (non-hydrogen) atoms. The van der Waals surface area contributed by atoms with Crippen molar-refractivity contribution in [3.63, 3.8) is 0 Å². The highest BCUT2D eigenvalue weighted by molar-refractivity contribution is 5.90. The number of carbonyl (C=O) groups is 2. The van der Waals surface area contributed by atoms with Crippen molar-refractivity contribution in [1.82, 2.24) is 10.1 Å². The van der Waals surface area contributed by atoms with Crippen molar-refractivity contribution in [3.8, 4) is 5.75 Å². The zero-order chi connectivity index (χ0) is 18.1. The molecule has 2 N–H and O–H groups in total. The lowest BCUT2D eigenvalue weighted by atomic mass is 10.2. The first-order chi connectivity index (χ1) is 12.1. The van der Waals surface area contributed by atoms with Gasteiger partial charge in [0.1, 0.15) is 5.75 Å². The highest BCUT2D eigenvalue weighted by atomic mass is 16.5.